The minimum absolute atomic E-state index is 0.156. The standard InChI is InChI=1S/C22H20Cl2N2O3/c1-26(14-16-9-10-17(23)18(24)12-16)22(28)19(13-15-6-3-2-4-7-15)25-21(27)20-8-5-11-29-20/h2-12,19H,13-14H2,1H3,(H,25,27). The van der Waals surface area contributed by atoms with E-state index in [1.165, 1.54) is 6.26 Å². The molecule has 150 valence electrons. The monoisotopic (exact) mass is 430 g/mol. The smallest absolute Gasteiger partial charge is 0.287 e. The van der Waals surface area contributed by atoms with Gasteiger partial charge in [-0.1, -0.05) is 59.6 Å². The van der Waals surface area contributed by atoms with Crippen LogP contribution < -0.4 is 5.32 Å². The molecule has 1 N–H and O–H groups in total. The van der Waals surface area contributed by atoms with Gasteiger partial charge < -0.3 is 14.6 Å². The number of hydrogen-bond donors (Lipinski definition) is 1. The number of carbonyl (C=O) groups is 2. The van der Waals surface area contributed by atoms with E-state index in [1.807, 2.05) is 36.4 Å². The number of halogens is 2. The van der Waals surface area contributed by atoms with Crippen molar-refractivity contribution in [3.63, 3.8) is 0 Å². The largest absolute Gasteiger partial charge is 0.459 e. The Hall–Kier alpha value is -2.76. The van der Waals surface area contributed by atoms with Crippen LogP contribution in [-0.4, -0.2) is 29.8 Å². The normalized spacial score (nSPS) is 11.7. The molecule has 3 rings (SSSR count). The zero-order valence-corrected chi connectivity index (χ0v) is 17.3. The van der Waals surface area contributed by atoms with Gasteiger partial charge in [-0.25, -0.2) is 0 Å². The number of carbonyl (C=O) groups excluding carboxylic acids is 2. The Balaban J connectivity index is 1.76. The minimum atomic E-state index is -0.747. The summed E-state index contributed by atoms with van der Waals surface area (Å²) in [4.78, 5) is 27.1. The first-order valence-electron chi connectivity index (χ1n) is 9.01. The molecule has 0 bridgehead atoms. The summed E-state index contributed by atoms with van der Waals surface area (Å²) in [5, 5.41) is 3.67. The van der Waals surface area contributed by atoms with Gasteiger partial charge in [-0.05, 0) is 35.4 Å². The third-order valence-electron chi connectivity index (χ3n) is 4.41. The predicted molar refractivity (Wildman–Crippen MR) is 113 cm³/mol. The molecule has 2 amide bonds. The Kier molecular flexibility index (Phi) is 6.96. The molecular weight excluding hydrogens is 411 g/mol. The molecule has 2 aromatic carbocycles. The number of benzene rings is 2. The first-order chi connectivity index (χ1) is 13.9. The summed E-state index contributed by atoms with van der Waals surface area (Å²) in [7, 11) is 1.68. The highest BCUT2D eigenvalue weighted by Gasteiger charge is 2.26. The highest BCUT2D eigenvalue weighted by Crippen LogP contribution is 2.23. The van der Waals surface area contributed by atoms with E-state index in [2.05, 4.69) is 5.32 Å². The Morgan fingerprint density at radius 1 is 1.00 bits per heavy atom. The van der Waals surface area contributed by atoms with E-state index >= 15 is 0 Å². The quantitative estimate of drug-likeness (QED) is 0.596. The van der Waals surface area contributed by atoms with Gasteiger partial charge in [0, 0.05) is 20.0 Å². The van der Waals surface area contributed by atoms with E-state index in [-0.39, 0.29) is 11.7 Å². The SMILES string of the molecule is CN(Cc1ccc(Cl)c(Cl)c1)C(=O)C(Cc1ccccc1)NC(=O)c1ccco1. The maximum atomic E-state index is 13.1. The van der Waals surface area contributed by atoms with E-state index < -0.39 is 11.9 Å². The van der Waals surface area contributed by atoms with Crippen LogP contribution in [0.2, 0.25) is 10.0 Å². The van der Waals surface area contributed by atoms with E-state index in [9.17, 15) is 9.59 Å². The molecule has 29 heavy (non-hydrogen) atoms. The van der Waals surface area contributed by atoms with Crippen LogP contribution in [0, 0.1) is 0 Å². The highest BCUT2D eigenvalue weighted by molar-refractivity contribution is 6.42. The van der Waals surface area contributed by atoms with Crippen LogP contribution in [0.1, 0.15) is 21.7 Å². The summed E-state index contributed by atoms with van der Waals surface area (Å²) >= 11 is 12.0. The number of nitrogens with zero attached hydrogens (tertiary/aromatic N) is 1. The first-order valence-corrected chi connectivity index (χ1v) is 9.77. The molecule has 3 aromatic rings. The molecule has 0 aliphatic carbocycles. The van der Waals surface area contributed by atoms with Crippen LogP contribution in [-0.2, 0) is 17.8 Å². The van der Waals surface area contributed by atoms with Crippen molar-refractivity contribution in [1.82, 2.24) is 10.2 Å². The number of likely N-dealkylation sites (N-methyl/N-ethyl adjacent to an activating group) is 1. The Morgan fingerprint density at radius 2 is 1.76 bits per heavy atom. The van der Waals surface area contributed by atoms with Crippen molar-refractivity contribution in [3.8, 4) is 0 Å². The van der Waals surface area contributed by atoms with Crippen molar-refractivity contribution >= 4 is 35.0 Å². The maximum absolute atomic E-state index is 13.1. The predicted octanol–water partition coefficient (Wildman–Crippen LogP) is 4.59. The number of amides is 2. The van der Waals surface area contributed by atoms with Gasteiger partial charge in [-0.15, -0.1) is 0 Å². The zero-order chi connectivity index (χ0) is 20.8. The first kappa shape index (κ1) is 21.0. The molecule has 0 radical (unpaired) electrons. The van der Waals surface area contributed by atoms with Crippen molar-refractivity contribution in [2.24, 2.45) is 0 Å². The summed E-state index contributed by atoms with van der Waals surface area (Å²) in [5.74, 6) is -0.505. The Labute approximate surface area is 179 Å². The summed E-state index contributed by atoms with van der Waals surface area (Å²) < 4.78 is 5.14. The lowest BCUT2D eigenvalue weighted by Gasteiger charge is -2.25. The number of hydrogen-bond acceptors (Lipinski definition) is 3. The van der Waals surface area contributed by atoms with E-state index in [0.29, 0.717) is 23.0 Å². The molecule has 0 saturated carbocycles. The molecule has 1 heterocycles. The van der Waals surface area contributed by atoms with Crippen LogP contribution in [0.5, 0.6) is 0 Å². The fourth-order valence-corrected chi connectivity index (χ4v) is 3.26. The molecule has 0 aliphatic heterocycles. The van der Waals surface area contributed by atoms with Crippen molar-refractivity contribution < 1.29 is 14.0 Å². The Morgan fingerprint density at radius 3 is 2.41 bits per heavy atom. The molecule has 0 saturated heterocycles. The average molecular weight is 431 g/mol. The molecule has 0 fully saturated rings. The van der Waals surface area contributed by atoms with Gasteiger partial charge in [0.15, 0.2) is 5.76 Å². The lowest BCUT2D eigenvalue weighted by Crippen LogP contribution is -2.48. The van der Waals surface area contributed by atoms with E-state index in [4.69, 9.17) is 27.6 Å². The molecule has 1 unspecified atom stereocenters. The van der Waals surface area contributed by atoms with Gasteiger partial charge in [-0.2, -0.15) is 0 Å². The van der Waals surface area contributed by atoms with Gasteiger partial charge in [0.05, 0.1) is 16.3 Å². The zero-order valence-electron chi connectivity index (χ0n) is 15.8. The van der Waals surface area contributed by atoms with E-state index in [1.54, 1.807) is 36.2 Å². The van der Waals surface area contributed by atoms with Crippen LogP contribution >= 0.6 is 23.2 Å². The summed E-state index contributed by atoms with van der Waals surface area (Å²) in [6, 6.07) is 17.2. The summed E-state index contributed by atoms with van der Waals surface area (Å²) in [6.07, 6.45) is 1.77. The van der Waals surface area contributed by atoms with Crippen molar-refractivity contribution in [3.05, 3.63) is 93.9 Å². The second kappa shape index (κ2) is 9.63. The summed E-state index contributed by atoms with van der Waals surface area (Å²) in [6.45, 7) is 0.331. The third-order valence-corrected chi connectivity index (χ3v) is 5.15. The van der Waals surface area contributed by atoms with Crippen LogP contribution in [0.3, 0.4) is 0 Å². The molecule has 0 aliphatic rings. The molecule has 0 spiro atoms. The van der Waals surface area contributed by atoms with Gasteiger partial charge in [0.1, 0.15) is 6.04 Å². The van der Waals surface area contributed by atoms with Crippen LogP contribution in [0.25, 0.3) is 0 Å². The molecular formula is C22H20Cl2N2O3. The van der Waals surface area contributed by atoms with Gasteiger partial charge in [-0.3, -0.25) is 9.59 Å². The molecule has 1 atom stereocenters. The second-order valence-corrected chi connectivity index (χ2v) is 7.45. The number of furan rings is 1. The fraction of sp³-hybridized carbons (Fsp3) is 0.182. The molecule has 7 heteroatoms. The summed E-state index contributed by atoms with van der Waals surface area (Å²) in [5.41, 5.74) is 1.78. The van der Waals surface area contributed by atoms with E-state index in [0.717, 1.165) is 11.1 Å². The lowest BCUT2D eigenvalue weighted by molar-refractivity contribution is -0.132. The average Bonchev–Trinajstić information content (AvgIpc) is 3.25. The highest BCUT2D eigenvalue weighted by atomic mass is 35.5. The number of nitrogens with one attached hydrogen (secondary N) is 1. The Bertz CT molecular complexity index is 975. The molecule has 5 nitrogen and oxygen atoms in total. The lowest BCUT2D eigenvalue weighted by atomic mass is 10.0. The van der Waals surface area contributed by atoms with Gasteiger partial charge in [0.2, 0.25) is 5.91 Å². The maximum Gasteiger partial charge on any atom is 0.287 e. The van der Waals surface area contributed by atoms with Crippen molar-refractivity contribution in [2.45, 2.75) is 19.0 Å². The van der Waals surface area contributed by atoms with Crippen LogP contribution in [0.15, 0.2) is 71.3 Å². The topological polar surface area (TPSA) is 62.6 Å². The molecule has 1 aromatic heterocycles. The van der Waals surface area contributed by atoms with Crippen molar-refractivity contribution in [1.29, 1.82) is 0 Å². The second-order valence-electron chi connectivity index (χ2n) is 6.64. The van der Waals surface area contributed by atoms with Gasteiger partial charge >= 0.3 is 0 Å². The minimum Gasteiger partial charge on any atom is -0.459 e. The third kappa shape index (κ3) is 5.62. The van der Waals surface area contributed by atoms with Gasteiger partial charge in [0.25, 0.3) is 5.91 Å². The van der Waals surface area contributed by atoms with Crippen molar-refractivity contribution in [2.75, 3.05) is 7.05 Å². The fourth-order valence-electron chi connectivity index (χ4n) is 2.94. The van der Waals surface area contributed by atoms with Crippen LogP contribution in [0.4, 0.5) is 0 Å². The number of rotatable bonds is 7.